The highest BCUT2D eigenvalue weighted by Gasteiger charge is 2.09. The van der Waals surface area contributed by atoms with E-state index in [0.717, 1.165) is 0 Å². The number of nitrogens with zero attached hydrogens (tertiary/aromatic N) is 2. The lowest BCUT2D eigenvalue weighted by Crippen LogP contribution is -2.02. The van der Waals surface area contributed by atoms with Crippen LogP contribution >= 0.6 is 0 Å². The average molecular weight is 206 g/mol. The largest absolute Gasteiger partial charge is 0.508 e. The van der Waals surface area contributed by atoms with Crippen molar-refractivity contribution in [3.05, 3.63) is 48.5 Å². The van der Waals surface area contributed by atoms with Gasteiger partial charge in [0.25, 0.3) is 0 Å². The van der Waals surface area contributed by atoms with Crippen LogP contribution in [0.3, 0.4) is 0 Å². The highest BCUT2D eigenvalue weighted by molar-refractivity contribution is 5.27. The van der Waals surface area contributed by atoms with E-state index in [0.29, 0.717) is 5.56 Å². The molecule has 1 atom stereocenters. The second kappa shape index (κ2) is 4.13. The number of hydrogen-bond acceptors (Lipinski definition) is 2. The van der Waals surface area contributed by atoms with Crippen molar-refractivity contribution in [2.75, 3.05) is 0 Å². The molecule has 0 fully saturated rings. The first-order valence-corrected chi connectivity index (χ1v) is 4.64. The van der Waals surface area contributed by atoms with Crippen LogP contribution < -0.4 is 0 Å². The van der Waals surface area contributed by atoms with Crippen molar-refractivity contribution < 1.29 is 9.50 Å². The Morgan fingerprint density at radius 3 is 2.67 bits per heavy atom. The normalized spacial score (nSPS) is 12.6. The van der Waals surface area contributed by atoms with Crippen LogP contribution in [0.25, 0.3) is 0 Å². The SMILES string of the molecule is Oc1ccc(C(F)Cn2ccnc2)cc1. The smallest absolute Gasteiger partial charge is 0.143 e. The first kappa shape index (κ1) is 9.71. The van der Waals surface area contributed by atoms with Gasteiger partial charge in [0, 0.05) is 12.4 Å². The van der Waals surface area contributed by atoms with Gasteiger partial charge >= 0.3 is 0 Å². The molecule has 1 aromatic heterocycles. The summed E-state index contributed by atoms with van der Waals surface area (Å²) in [5.74, 6) is 0.147. The molecule has 0 aliphatic carbocycles. The Balaban J connectivity index is 2.08. The van der Waals surface area contributed by atoms with Gasteiger partial charge in [-0.05, 0) is 17.7 Å². The summed E-state index contributed by atoms with van der Waals surface area (Å²) >= 11 is 0. The van der Waals surface area contributed by atoms with Gasteiger partial charge in [-0.3, -0.25) is 0 Å². The molecule has 4 heteroatoms. The molecule has 1 unspecified atom stereocenters. The van der Waals surface area contributed by atoms with Crippen LogP contribution in [-0.2, 0) is 6.54 Å². The minimum atomic E-state index is -1.08. The van der Waals surface area contributed by atoms with E-state index in [9.17, 15) is 4.39 Å². The fraction of sp³-hybridized carbons (Fsp3) is 0.182. The molecule has 2 aromatic rings. The van der Waals surface area contributed by atoms with Gasteiger partial charge in [-0.15, -0.1) is 0 Å². The second-order valence-corrected chi connectivity index (χ2v) is 3.32. The number of rotatable bonds is 3. The van der Waals surface area contributed by atoms with Gasteiger partial charge in [-0.25, -0.2) is 9.37 Å². The van der Waals surface area contributed by atoms with Crippen molar-refractivity contribution in [2.45, 2.75) is 12.7 Å². The standard InChI is InChI=1S/C11H11FN2O/c12-11(7-14-6-5-13-8-14)9-1-3-10(15)4-2-9/h1-6,8,11,15H,7H2. The molecular formula is C11H11FN2O. The Hall–Kier alpha value is -1.84. The van der Waals surface area contributed by atoms with Crippen LogP contribution in [0.2, 0.25) is 0 Å². The van der Waals surface area contributed by atoms with Crippen LogP contribution in [0.1, 0.15) is 11.7 Å². The Kier molecular flexibility index (Phi) is 2.67. The van der Waals surface area contributed by atoms with Crippen molar-refractivity contribution in [2.24, 2.45) is 0 Å². The minimum absolute atomic E-state index is 0.147. The summed E-state index contributed by atoms with van der Waals surface area (Å²) < 4.78 is 15.4. The predicted octanol–water partition coefficient (Wildman–Crippen LogP) is 2.30. The molecule has 0 spiro atoms. The Bertz CT molecular complexity index is 411. The number of aromatic nitrogens is 2. The van der Waals surface area contributed by atoms with Gasteiger partial charge in [0.05, 0.1) is 12.9 Å². The van der Waals surface area contributed by atoms with E-state index in [4.69, 9.17) is 5.11 Å². The maximum Gasteiger partial charge on any atom is 0.143 e. The summed E-state index contributed by atoms with van der Waals surface area (Å²) in [5, 5.41) is 9.06. The number of halogens is 1. The van der Waals surface area contributed by atoms with Crippen molar-refractivity contribution in [3.63, 3.8) is 0 Å². The van der Waals surface area contributed by atoms with Crippen LogP contribution in [0.5, 0.6) is 5.75 Å². The summed E-state index contributed by atoms with van der Waals surface area (Å²) in [4.78, 5) is 3.84. The van der Waals surface area contributed by atoms with E-state index in [2.05, 4.69) is 4.98 Å². The number of aromatic hydroxyl groups is 1. The molecule has 3 nitrogen and oxygen atoms in total. The third-order valence-electron chi connectivity index (χ3n) is 2.19. The maximum atomic E-state index is 13.7. The lowest BCUT2D eigenvalue weighted by Gasteiger charge is -2.08. The molecule has 0 saturated heterocycles. The molecule has 0 bridgehead atoms. The Morgan fingerprint density at radius 1 is 1.33 bits per heavy atom. The fourth-order valence-electron chi connectivity index (χ4n) is 1.37. The lowest BCUT2D eigenvalue weighted by molar-refractivity contribution is 0.303. The number of hydrogen-bond donors (Lipinski definition) is 1. The Morgan fingerprint density at radius 2 is 2.07 bits per heavy atom. The quantitative estimate of drug-likeness (QED) is 0.836. The molecule has 0 aliphatic rings. The van der Waals surface area contributed by atoms with Crippen molar-refractivity contribution >= 4 is 0 Å². The number of phenols is 1. The summed E-state index contributed by atoms with van der Waals surface area (Å²) in [5.41, 5.74) is 0.557. The molecule has 1 aromatic carbocycles. The number of phenolic OH excluding ortho intramolecular Hbond substituents is 1. The molecule has 78 valence electrons. The van der Waals surface area contributed by atoms with Crippen LogP contribution in [0.4, 0.5) is 4.39 Å². The number of alkyl halides is 1. The van der Waals surface area contributed by atoms with E-state index >= 15 is 0 Å². The van der Waals surface area contributed by atoms with E-state index in [1.807, 2.05) is 0 Å². The number of imidazole rings is 1. The van der Waals surface area contributed by atoms with Crippen LogP contribution in [-0.4, -0.2) is 14.7 Å². The first-order valence-electron chi connectivity index (χ1n) is 4.64. The molecule has 1 N–H and O–H groups in total. The third-order valence-corrected chi connectivity index (χ3v) is 2.19. The van der Waals surface area contributed by atoms with Gasteiger partial charge in [-0.2, -0.15) is 0 Å². The first-order chi connectivity index (χ1) is 7.25. The molecule has 0 aliphatic heterocycles. The fourth-order valence-corrected chi connectivity index (χ4v) is 1.37. The predicted molar refractivity (Wildman–Crippen MR) is 54.2 cm³/mol. The minimum Gasteiger partial charge on any atom is -0.508 e. The van der Waals surface area contributed by atoms with Crippen molar-refractivity contribution in [1.82, 2.24) is 9.55 Å². The van der Waals surface area contributed by atoms with E-state index < -0.39 is 6.17 Å². The molecule has 1 heterocycles. The Labute approximate surface area is 86.8 Å². The topological polar surface area (TPSA) is 38.0 Å². The molecule has 0 saturated carbocycles. The lowest BCUT2D eigenvalue weighted by atomic mass is 10.1. The summed E-state index contributed by atoms with van der Waals surface area (Å²) in [6.07, 6.45) is 3.82. The van der Waals surface area contributed by atoms with Crippen molar-refractivity contribution in [3.8, 4) is 5.75 Å². The van der Waals surface area contributed by atoms with E-state index in [1.165, 1.54) is 12.1 Å². The third kappa shape index (κ3) is 2.34. The molecule has 0 amide bonds. The van der Waals surface area contributed by atoms with E-state index in [-0.39, 0.29) is 12.3 Å². The molecule has 0 radical (unpaired) electrons. The van der Waals surface area contributed by atoms with E-state index in [1.54, 1.807) is 35.4 Å². The van der Waals surface area contributed by atoms with Gasteiger partial charge in [-0.1, -0.05) is 12.1 Å². The monoisotopic (exact) mass is 206 g/mol. The zero-order valence-electron chi connectivity index (χ0n) is 8.05. The summed E-state index contributed by atoms with van der Waals surface area (Å²) in [6.45, 7) is 0.241. The van der Waals surface area contributed by atoms with Crippen molar-refractivity contribution in [1.29, 1.82) is 0 Å². The van der Waals surface area contributed by atoms with Crippen LogP contribution in [0.15, 0.2) is 43.0 Å². The van der Waals surface area contributed by atoms with Gasteiger partial charge in [0.15, 0.2) is 0 Å². The summed E-state index contributed by atoms with van der Waals surface area (Å²) in [7, 11) is 0. The van der Waals surface area contributed by atoms with Gasteiger partial charge < -0.3 is 9.67 Å². The summed E-state index contributed by atoms with van der Waals surface area (Å²) in [6, 6.07) is 6.12. The molecular weight excluding hydrogens is 195 g/mol. The zero-order chi connectivity index (χ0) is 10.7. The molecule has 2 rings (SSSR count). The molecule has 15 heavy (non-hydrogen) atoms. The zero-order valence-corrected chi connectivity index (χ0v) is 8.05. The number of benzene rings is 1. The highest BCUT2D eigenvalue weighted by atomic mass is 19.1. The maximum absolute atomic E-state index is 13.7. The van der Waals surface area contributed by atoms with Crippen LogP contribution in [0, 0.1) is 0 Å². The average Bonchev–Trinajstić information content (AvgIpc) is 2.71. The van der Waals surface area contributed by atoms with Gasteiger partial charge in [0.2, 0.25) is 0 Å². The second-order valence-electron chi connectivity index (χ2n) is 3.32. The van der Waals surface area contributed by atoms with Gasteiger partial charge in [0.1, 0.15) is 11.9 Å². The highest BCUT2D eigenvalue weighted by Crippen LogP contribution is 2.21.